The normalized spacial score (nSPS) is 12.3. The summed E-state index contributed by atoms with van der Waals surface area (Å²) < 4.78 is 16.8. The van der Waals surface area contributed by atoms with Crippen LogP contribution < -0.4 is 0 Å². The molecule has 0 aromatic rings. The van der Waals surface area contributed by atoms with E-state index >= 15 is 0 Å². The van der Waals surface area contributed by atoms with Gasteiger partial charge in [-0.25, -0.2) is 0 Å². The summed E-state index contributed by atoms with van der Waals surface area (Å²) in [7, 11) is 0. The van der Waals surface area contributed by atoms with Gasteiger partial charge in [0.1, 0.15) is 13.2 Å². The molecule has 0 N–H and O–H groups in total. The highest BCUT2D eigenvalue weighted by Gasteiger charge is 2.19. The van der Waals surface area contributed by atoms with Crippen LogP contribution in [0, 0.1) is 0 Å². The van der Waals surface area contributed by atoms with Crippen molar-refractivity contribution in [3.8, 4) is 0 Å². The quantitative estimate of drug-likeness (QED) is 0.0262. The Bertz CT molecular complexity index is 1150. The zero-order valence-corrected chi connectivity index (χ0v) is 44.0. The molecular formula is C60H108O6. The summed E-state index contributed by atoms with van der Waals surface area (Å²) in [5, 5.41) is 0. The van der Waals surface area contributed by atoms with Crippen molar-refractivity contribution in [1.29, 1.82) is 0 Å². The highest BCUT2D eigenvalue weighted by molar-refractivity contribution is 5.71. The average Bonchev–Trinajstić information content (AvgIpc) is 3.31. The third-order valence-electron chi connectivity index (χ3n) is 12.5. The smallest absolute Gasteiger partial charge is 0.306 e. The van der Waals surface area contributed by atoms with E-state index in [2.05, 4.69) is 69.4 Å². The zero-order chi connectivity index (χ0) is 47.9. The van der Waals surface area contributed by atoms with Crippen LogP contribution in [0.5, 0.6) is 0 Å². The number of ether oxygens (including phenoxy) is 3. The molecule has 0 amide bonds. The van der Waals surface area contributed by atoms with Crippen molar-refractivity contribution >= 4 is 17.9 Å². The molecule has 0 bridgehead atoms. The monoisotopic (exact) mass is 925 g/mol. The standard InChI is InChI=1S/C60H108O6/c1-4-7-10-13-16-19-22-25-28-30-32-35-38-41-44-47-50-53-59(62)65-56-57(55-64-58(61)52-49-46-43-40-37-34-27-24-21-18-15-12-9-6-3)66-60(63)54-51-48-45-42-39-36-33-31-29-26-23-20-17-14-11-8-5-2/h16,19,25-26,28-29,34,37,57H,4-15,17-18,20-24,27,30-33,35-36,38-56H2,1-3H3/b19-16-,28-25-,29-26-,37-34-. The molecule has 0 aromatic carbocycles. The lowest BCUT2D eigenvalue weighted by atomic mass is 10.1. The van der Waals surface area contributed by atoms with Crippen LogP contribution in [0.15, 0.2) is 48.6 Å². The minimum atomic E-state index is -0.784. The molecule has 384 valence electrons. The summed E-state index contributed by atoms with van der Waals surface area (Å²) in [6, 6.07) is 0. The van der Waals surface area contributed by atoms with Gasteiger partial charge in [-0.3, -0.25) is 14.4 Å². The summed E-state index contributed by atoms with van der Waals surface area (Å²) in [6.45, 7) is 6.61. The lowest BCUT2D eigenvalue weighted by Crippen LogP contribution is -2.30. The van der Waals surface area contributed by atoms with Gasteiger partial charge in [-0.05, 0) is 103 Å². The molecule has 0 aliphatic carbocycles. The van der Waals surface area contributed by atoms with Gasteiger partial charge in [0.2, 0.25) is 0 Å². The molecule has 0 heterocycles. The van der Waals surface area contributed by atoms with Crippen molar-refractivity contribution in [3.05, 3.63) is 48.6 Å². The van der Waals surface area contributed by atoms with Crippen molar-refractivity contribution in [2.45, 2.75) is 303 Å². The molecule has 0 saturated carbocycles. The first-order valence-corrected chi connectivity index (χ1v) is 28.6. The fourth-order valence-corrected chi connectivity index (χ4v) is 8.17. The number of allylic oxidation sites excluding steroid dienone is 8. The van der Waals surface area contributed by atoms with Crippen LogP contribution in [0.2, 0.25) is 0 Å². The van der Waals surface area contributed by atoms with Crippen molar-refractivity contribution in [2.75, 3.05) is 13.2 Å². The molecular weight excluding hydrogens is 817 g/mol. The van der Waals surface area contributed by atoms with Crippen LogP contribution in [0.1, 0.15) is 297 Å². The number of hydrogen-bond acceptors (Lipinski definition) is 6. The summed E-state index contributed by atoms with van der Waals surface area (Å²) in [5.41, 5.74) is 0. The van der Waals surface area contributed by atoms with Crippen LogP contribution in [-0.2, 0) is 28.6 Å². The number of rotatable bonds is 52. The first-order valence-electron chi connectivity index (χ1n) is 28.6. The molecule has 0 aliphatic heterocycles. The Morgan fingerprint density at radius 3 is 0.894 bits per heavy atom. The molecule has 0 aromatic heterocycles. The number of carbonyl (C=O) groups is 3. The molecule has 6 nitrogen and oxygen atoms in total. The van der Waals surface area contributed by atoms with Crippen LogP contribution >= 0.6 is 0 Å². The van der Waals surface area contributed by atoms with Gasteiger partial charge in [0.15, 0.2) is 6.10 Å². The lowest BCUT2D eigenvalue weighted by Gasteiger charge is -2.18. The van der Waals surface area contributed by atoms with Crippen LogP contribution in [0.4, 0.5) is 0 Å². The van der Waals surface area contributed by atoms with Gasteiger partial charge in [-0.1, -0.05) is 223 Å². The van der Waals surface area contributed by atoms with E-state index < -0.39 is 6.10 Å². The Hall–Kier alpha value is -2.63. The Kier molecular flexibility index (Phi) is 52.8. The third kappa shape index (κ3) is 52.3. The van der Waals surface area contributed by atoms with Crippen molar-refractivity contribution < 1.29 is 28.6 Å². The van der Waals surface area contributed by atoms with Gasteiger partial charge in [-0.15, -0.1) is 0 Å². The minimum absolute atomic E-state index is 0.0824. The summed E-state index contributed by atoms with van der Waals surface area (Å²) in [4.78, 5) is 38.1. The Labute approximate surface area is 409 Å². The lowest BCUT2D eigenvalue weighted by molar-refractivity contribution is -0.167. The minimum Gasteiger partial charge on any atom is -0.462 e. The molecule has 0 radical (unpaired) electrons. The maximum atomic E-state index is 12.8. The predicted octanol–water partition coefficient (Wildman–Crippen LogP) is 19.0. The second-order valence-electron chi connectivity index (χ2n) is 19.2. The molecule has 0 fully saturated rings. The molecule has 1 atom stereocenters. The van der Waals surface area contributed by atoms with E-state index in [1.54, 1.807) is 0 Å². The van der Waals surface area contributed by atoms with Gasteiger partial charge in [-0.2, -0.15) is 0 Å². The topological polar surface area (TPSA) is 78.9 Å². The SMILES string of the molecule is CCCCC/C=C\C/C=C\CCCCCCCCCC(=O)OCC(COC(=O)CCCCC/C=C\CCCCCCCCC)OC(=O)CCCCCCCCC/C=C\CCCCCCCC. The van der Waals surface area contributed by atoms with Gasteiger partial charge in [0.05, 0.1) is 0 Å². The fourth-order valence-electron chi connectivity index (χ4n) is 8.17. The summed E-state index contributed by atoms with van der Waals surface area (Å²) in [6.07, 6.45) is 66.7. The molecule has 66 heavy (non-hydrogen) atoms. The highest BCUT2D eigenvalue weighted by atomic mass is 16.6. The van der Waals surface area contributed by atoms with E-state index in [1.165, 1.54) is 173 Å². The summed E-state index contributed by atoms with van der Waals surface area (Å²) in [5.74, 6) is -0.898. The maximum absolute atomic E-state index is 12.8. The number of hydrogen-bond donors (Lipinski definition) is 0. The highest BCUT2D eigenvalue weighted by Crippen LogP contribution is 2.15. The van der Waals surface area contributed by atoms with Gasteiger partial charge < -0.3 is 14.2 Å². The van der Waals surface area contributed by atoms with Gasteiger partial charge in [0.25, 0.3) is 0 Å². The average molecular weight is 926 g/mol. The van der Waals surface area contributed by atoms with Crippen LogP contribution in [0.25, 0.3) is 0 Å². The Morgan fingerprint density at radius 1 is 0.303 bits per heavy atom. The van der Waals surface area contributed by atoms with E-state index in [0.29, 0.717) is 19.3 Å². The molecule has 0 spiro atoms. The fraction of sp³-hybridized carbons (Fsp3) is 0.817. The predicted molar refractivity (Wildman–Crippen MR) is 284 cm³/mol. The van der Waals surface area contributed by atoms with Crippen molar-refractivity contribution in [2.24, 2.45) is 0 Å². The molecule has 0 saturated heterocycles. The van der Waals surface area contributed by atoms with E-state index in [1.807, 2.05) is 0 Å². The van der Waals surface area contributed by atoms with Gasteiger partial charge >= 0.3 is 17.9 Å². The Morgan fingerprint density at radius 2 is 0.545 bits per heavy atom. The maximum Gasteiger partial charge on any atom is 0.306 e. The molecule has 0 rings (SSSR count). The zero-order valence-electron chi connectivity index (χ0n) is 44.0. The number of unbranched alkanes of at least 4 members (excludes halogenated alkanes) is 33. The second kappa shape index (κ2) is 55.0. The largest absolute Gasteiger partial charge is 0.462 e. The molecule has 6 heteroatoms. The first-order chi connectivity index (χ1) is 32.5. The van der Waals surface area contributed by atoms with Gasteiger partial charge in [0, 0.05) is 19.3 Å². The van der Waals surface area contributed by atoms with Crippen molar-refractivity contribution in [3.63, 3.8) is 0 Å². The summed E-state index contributed by atoms with van der Waals surface area (Å²) >= 11 is 0. The number of carbonyl (C=O) groups excluding carboxylic acids is 3. The van der Waals surface area contributed by atoms with E-state index in [4.69, 9.17) is 14.2 Å². The van der Waals surface area contributed by atoms with E-state index in [-0.39, 0.29) is 31.1 Å². The number of esters is 3. The Balaban J connectivity index is 4.39. The van der Waals surface area contributed by atoms with E-state index in [9.17, 15) is 14.4 Å². The van der Waals surface area contributed by atoms with Crippen LogP contribution in [0.3, 0.4) is 0 Å². The van der Waals surface area contributed by atoms with Crippen LogP contribution in [-0.4, -0.2) is 37.2 Å². The first kappa shape index (κ1) is 63.4. The van der Waals surface area contributed by atoms with Crippen molar-refractivity contribution in [1.82, 2.24) is 0 Å². The third-order valence-corrected chi connectivity index (χ3v) is 12.5. The second-order valence-corrected chi connectivity index (χ2v) is 19.2. The molecule has 1 unspecified atom stereocenters. The molecule has 0 aliphatic rings. The van der Waals surface area contributed by atoms with E-state index in [0.717, 1.165) is 83.5 Å².